The Kier molecular flexibility index (Phi) is 4.99. The molecule has 0 aliphatic carbocycles. The monoisotopic (exact) mass is 304 g/mol. The number of nitrogens with zero attached hydrogens (tertiary/aromatic N) is 2. The number of thioether (sulfide) groups is 1. The predicted molar refractivity (Wildman–Crippen MR) is 81.6 cm³/mol. The van der Waals surface area contributed by atoms with Crippen molar-refractivity contribution in [3.8, 4) is 5.69 Å². The third-order valence-corrected chi connectivity index (χ3v) is 3.70. The van der Waals surface area contributed by atoms with Crippen molar-refractivity contribution in [1.82, 2.24) is 20.2 Å². The Hall–Kier alpha value is -2.28. The van der Waals surface area contributed by atoms with Gasteiger partial charge in [-0.05, 0) is 19.1 Å². The average molecular weight is 304 g/mol. The second kappa shape index (κ2) is 6.94. The lowest BCUT2D eigenvalue weighted by atomic mass is 10.2. The number of hydrogen-bond donors (Lipinski definition) is 2. The highest BCUT2D eigenvalue weighted by atomic mass is 32.2. The Morgan fingerprint density at radius 3 is 2.67 bits per heavy atom. The molecule has 1 heterocycles. The van der Waals surface area contributed by atoms with Crippen LogP contribution in [-0.4, -0.2) is 34.3 Å². The van der Waals surface area contributed by atoms with Crippen LogP contribution >= 0.6 is 11.8 Å². The molecule has 0 aliphatic rings. The zero-order valence-electron chi connectivity index (χ0n) is 11.8. The number of aryl methyl sites for hydroxylation is 1. The molecule has 0 saturated heterocycles. The van der Waals surface area contributed by atoms with Crippen molar-refractivity contribution in [2.45, 2.75) is 12.1 Å². The second-order valence-electron chi connectivity index (χ2n) is 4.33. The van der Waals surface area contributed by atoms with Gasteiger partial charge in [-0.1, -0.05) is 29.5 Å². The van der Waals surface area contributed by atoms with E-state index in [0.717, 1.165) is 5.69 Å². The maximum Gasteiger partial charge on any atom is 0.321 e. The van der Waals surface area contributed by atoms with Gasteiger partial charge in [-0.25, -0.2) is 9.78 Å². The summed E-state index contributed by atoms with van der Waals surface area (Å²) in [5, 5.41) is 5.24. The summed E-state index contributed by atoms with van der Waals surface area (Å²) in [5.41, 5.74) is 2.16. The molecule has 6 nitrogen and oxygen atoms in total. The fourth-order valence-electron chi connectivity index (χ4n) is 1.65. The van der Waals surface area contributed by atoms with Crippen LogP contribution in [0.15, 0.2) is 41.8 Å². The Labute approximate surface area is 126 Å². The zero-order chi connectivity index (χ0) is 15.2. The van der Waals surface area contributed by atoms with E-state index in [1.54, 1.807) is 6.20 Å². The van der Waals surface area contributed by atoms with Gasteiger partial charge in [-0.15, -0.1) is 0 Å². The fourth-order valence-corrected chi connectivity index (χ4v) is 2.43. The van der Waals surface area contributed by atoms with E-state index in [-0.39, 0.29) is 11.7 Å². The highest BCUT2D eigenvalue weighted by Gasteiger charge is 2.10. The van der Waals surface area contributed by atoms with Gasteiger partial charge >= 0.3 is 6.03 Å². The molecule has 2 aromatic rings. The van der Waals surface area contributed by atoms with Crippen LogP contribution in [0.4, 0.5) is 4.79 Å². The molecule has 21 heavy (non-hydrogen) atoms. The van der Waals surface area contributed by atoms with Crippen LogP contribution in [0.1, 0.15) is 5.56 Å². The van der Waals surface area contributed by atoms with Crippen molar-refractivity contribution in [3.05, 3.63) is 42.2 Å². The topological polar surface area (TPSA) is 76.0 Å². The van der Waals surface area contributed by atoms with Crippen LogP contribution in [0.2, 0.25) is 0 Å². The van der Waals surface area contributed by atoms with Crippen molar-refractivity contribution in [2.75, 3.05) is 12.8 Å². The van der Waals surface area contributed by atoms with E-state index >= 15 is 0 Å². The van der Waals surface area contributed by atoms with Gasteiger partial charge in [0.2, 0.25) is 5.91 Å². The first-order valence-electron chi connectivity index (χ1n) is 6.35. The molecule has 2 N–H and O–H groups in total. The Morgan fingerprint density at radius 2 is 2.00 bits per heavy atom. The summed E-state index contributed by atoms with van der Waals surface area (Å²) in [6, 6.07) is 7.50. The second-order valence-corrected chi connectivity index (χ2v) is 5.27. The van der Waals surface area contributed by atoms with E-state index < -0.39 is 6.03 Å². The van der Waals surface area contributed by atoms with E-state index in [1.165, 1.54) is 24.4 Å². The molecule has 1 aromatic carbocycles. The van der Waals surface area contributed by atoms with Crippen molar-refractivity contribution in [2.24, 2.45) is 0 Å². The molecule has 0 spiro atoms. The lowest BCUT2D eigenvalue weighted by molar-refractivity contribution is -0.117. The number of benzene rings is 1. The summed E-state index contributed by atoms with van der Waals surface area (Å²) < 4.78 is 1.90. The molecular weight excluding hydrogens is 288 g/mol. The predicted octanol–water partition coefficient (Wildman–Crippen LogP) is 1.73. The third kappa shape index (κ3) is 4.09. The summed E-state index contributed by atoms with van der Waals surface area (Å²) in [4.78, 5) is 26.8. The first-order valence-corrected chi connectivity index (χ1v) is 7.33. The highest BCUT2D eigenvalue weighted by molar-refractivity contribution is 7.99. The summed E-state index contributed by atoms with van der Waals surface area (Å²) in [7, 11) is 1.46. The number of imidazole rings is 1. The molecule has 3 amide bonds. The average Bonchev–Trinajstić information content (AvgIpc) is 2.94. The molecule has 0 unspecified atom stereocenters. The number of amides is 3. The number of carbonyl (C=O) groups excluding carboxylic acids is 2. The molecule has 1 aromatic heterocycles. The summed E-state index contributed by atoms with van der Waals surface area (Å²) in [5.74, 6) is -0.242. The maximum absolute atomic E-state index is 11.6. The van der Waals surface area contributed by atoms with E-state index in [1.807, 2.05) is 42.0 Å². The van der Waals surface area contributed by atoms with E-state index in [4.69, 9.17) is 0 Å². The minimum absolute atomic E-state index is 0.121. The van der Waals surface area contributed by atoms with Crippen LogP contribution in [0.5, 0.6) is 0 Å². The Morgan fingerprint density at radius 1 is 1.29 bits per heavy atom. The van der Waals surface area contributed by atoms with Gasteiger partial charge in [-0.3, -0.25) is 14.7 Å². The normalized spacial score (nSPS) is 10.2. The number of aromatic nitrogens is 2. The van der Waals surface area contributed by atoms with Crippen LogP contribution in [0.25, 0.3) is 5.69 Å². The molecule has 0 aliphatic heterocycles. The standard InChI is InChI=1S/C14H16N4O2S/c1-10-3-5-11(6-4-10)18-8-7-16-14(18)21-9-12(19)17-13(20)15-2/h3-8H,9H2,1-2H3,(H2,15,17,19,20). The molecular formula is C14H16N4O2S. The highest BCUT2D eigenvalue weighted by Crippen LogP contribution is 2.20. The first-order chi connectivity index (χ1) is 10.1. The van der Waals surface area contributed by atoms with Gasteiger partial charge in [0.15, 0.2) is 5.16 Å². The third-order valence-electron chi connectivity index (χ3n) is 2.73. The van der Waals surface area contributed by atoms with Crippen LogP contribution in [0.3, 0.4) is 0 Å². The molecule has 0 saturated carbocycles. The molecule has 110 valence electrons. The molecule has 0 atom stereocenters. The van der Waals surface area contributed by atoms with Gasteiger partial charge in [0.05, 0.1) is 5.75 Å². The van der Waals surface area contributed by atoms with Crippen LogP contribution in [-0.2, 0) is 4.79 Å². The smallest absolute Gasteiger partial charge is 0.321 e. The molecule has 7 heteroatoms. The van der Waals surface area contributed by atoms with Crippen molar-refractivity contribution in [3.63, 3.8) is 0 Å². The van der Waals surface area contributed by atoms with Gasteiger partial charge in [-0.2, -0.15) is 0 Å². The maximum atomic E-state index is 11.6. The molecule has 0 radical (unpaired) electrons. The first kappa shape index (κ1) is 15.1. The van der Waals surface area contributed by atoms with E-state index in [9.17, 15) is 9.59 Å². The van der Waals surface area contributed by atoms with Gasteiger partial charge in [0, 0.05) is 25.1 Å². The summed E-state index contributed by atoms with van der Waals surface area (Å²) in [6.45, 7) is 2.02. The molecule has 0 fully saturated rings. The number of urea groups is 1. The van der Waals surface area contributed by atoms with Crippen LogP contribution < -0.4 is 10.6 Å². The Bertz CT molecular complexity index is 637. The summed E-state index contributed by atoms with van der Waals surface area (Å²) >= 11 is 1.27. The van der Waals surface area contributed by atoms with E-state index in [2.05, 4.69) is 15.6 Å². The van der Waals surface area contributed by atoms with Gasteiger partial charge < -0.3 is 5.32 Å². The zero-order valence-corrected chi connectivity index (χ0v) is 12.6. The van der Waals surface area contributed by atoms with E-state index in [0.29, 0.717) is 5.16 Å². The quantitative estimate of drug-likeness (QED) is 0.844. The van der Waals surface area contributed by atoms with Crippen molar-refractivity contribution >= 4 is 23.7 Å². The lowest BCUT2D eigenvalue weighted by Crippen LogP contribution is -2.38. The molecule has 0 bridgehead atoms. The van der Waals surface area contributed by atoms with Gasteiger partial charge in [0.1, 0.15) is 0 Å². The minimum atomic E-state index is -0.512. The molecule has 2 rings (SSSR count). The number of rotatable bonds is 4. The minimum Gasteiger partial charge on any atom is -0.341 e. The number of hydrogen-bond acceptors (Lipinski definition) is 4. The SMILES string of the molecule is CNC(=O)NC(=O)CSc1nccn1-c1ccc(C)cc1. The Balaban J connectivity index is 2.02. The van der Waals surface area contributed by atoms with Crippen molar-refractivity contribution in [1.29, 1.82) is 0 Å². The number of carbonyl (C=O) groups is 2. The summed E-state index contributed by atoms with van der Waals surface area (Å²) in [6.07, 6.45) is 3.52. The fraction of sp³-hybridized carbons (Fsp3) is 0.214. The largest absolute Gasteiger partial charge is 0.341 e. The number of imide groups is 1. The number of nitrogens with one attached hydrogen (secondary N) is 2. The van der Waals surface area contributed by atoms with Crippen LogP contribution in [0, 0.1) is 6.92 Å². The van der Waals surface area contributed by atoms with Crippen molar-refractivity contribution < 1.29 is 9.59 Å². The lowest BCUT2D eigenvalue weighted by Gasteiger charge is -2.08. The van der Waals surface area contributed by atoms with Gasteiger partial charge in [0.25, 0.3) is 0 Å².